The van der Waals surface area contributed by atoms with Crippen molar-refractivity contribution in [2.24, 2.45) is 11.7 Å². The molecule has 1 atom stereocenters. The topological polar surface area (TPSA) is 112 Å². The summed E-state index contributed by atoms with van der Waals surface area (Å²) in [6.45, 7) is 2.79. The first-order valence-electron chi connectivity index (χ1n) is 10.8. The van der Waals surface area contributed by atoms with Gasteiger partial charge in [-0.05, 0) is 74.7 Å². The Morgan fingerprint density at radius 3 is 2.29 bits per heavy atom. The summed E-state index contributed by atoms with van der Waals surface area (Å²) < 4.78 is 5.81. The summed E-state index contributed by atoms with van der Waals surface area (Å²) in [4.78, 5) is 12.3. The molecule has 0 aliphatic carbocycles. The standard InChI is InChI=1S/C24H29N5O2/c25-22(17-6-8-19(9-7-17)31-18-4-2-1-3-5-18)21(23(26)30)24-28-15-12-20(29-24)16-10-13-27-14-11-16/h1-9,16,20,25,27-29H,10-15H2,(H2,26,30)/b24-21+,25-22?. The molecule has 0 aromatic heterocycles. The van der Waals surface area contributed by atoms with Gasteiger partial charge >= 0.3 is 0 Å². The second-order valence-electron chi connectivity index (χ2n) is 7.98. The number of nitrogens with one attached hydrogen (secondary N) is 4. The number of benzene rings is 2. The third kappa shape index (κ3) is 5.06. The Morgan fingerprint density at radius 2 is 1.61 bits per heavy atom. The van der Waals surface area contributed by atoms with E-state index >= 15 is 0 Å². The Morgan fingerprint density at radius 1 is 0.935 bits per heavy atom. The molecule has 1 unspecified atom stereocenters. The number of hydrogen-bond acceptors (Lipinski definition) is 6. The molecule has 2 aromatic carbocycles. The number of amides is 1. The predicted octanol–water partition coefficient (Wildman–Crippen LogP) is 2.49. The molecule has 0 bridgehead atoms. The molecule has 2 aliphatic rings. The molecule has 2 saturated heterocycles. The summed E-state index contributed by atoms with van der Waals surface area (Å²) >= 11 is 0. The van der Waals surface area contributed by atoms with Crippen LogP contribution >= 0.6 is 0 Å². The fourth-order valence-corrected chi connectivity index (χ4v) is 4.25. The van der Waals surface area contributed by atoms with E-state index in [1.165, 1.54) is 0 Å². The van der Waals surface area contributed by atoms with E-state index in [4.69, 9.17) is 15.9 Å². The Balaban J connectivity index is 1.52. The fourth-order valence-electron chi connectivity index (χ4n) is 4.25. The van der Waals surface area contributed by atoms with Gasteiger partial charge < -0.3 is 26.4 Å². The minimum Gasteiger partial charge on any atom is -0.457 e. The third-order valence-corrected chi connectivity index (χ3v) is 5.91. The van der Waals surface area contributed by atoms with Crippen molar-refractivity contribution in [1.82, 2.24) is 16.0 Å². The fraction of sp³-hybridized carbons (Fsp3) is 0.333. The number of hydrogen-bond donors (Lipinski definition) is 5. The maximum Gasteiger partial charge on any atom is 0.254 e. The number of piperidine rings is 1. The lowest BCUT2D eigenvalue weighted by Gasteiger charge is -2.37. The van der Waals surface area contributed by atoms with Crippen LogP contribution in [0.15, 0.2) is 66.0 Å². The van der Waals surface area contributed by atoms with Crippen LogP contribution in [-0.4, -0.2) is 37.3 Å². The molecule has 7 heteroatoms. The highest BCUT2D eigenvalue weighted by Gasteiger charge is 2.29. The van der Waals surface area contributed by atoms with E-state index in [-0.39, 0.29) is 17.3 Å². The normalized spacial score (nSPS) is 20.8. The van der Waals surface area contributed by atoms with E-state index in [0.29, 0.717) is 23.1 Å². The van der Waals surface area contributed by atoms with Crippen molar-refractivity contribution in [3.8, 4) is 11.5 Å². The maximum absolute atomic E-state index is 12.3. The van der Waals surface area contributed by atoms with Gasteiger partial charge in [-0.25, -0.2) is 0 Å². The number of rotatable bonds is 6. The second-order valence-corrected chi connectivity index (χ2v) is 7.98. The molecule has 2 aromatic rings. The molecular formula is C24H29N5O2. The Bertz CT molecular complexity index is 950. The number of para-hydroxylation sites is 1. The summed E-state index contributed by atoms with van der Waals surface area (Å²) in [6.07, 6.45) is 3.20. The lowest BCUT2D eigenvalue weighted by molar-refractivity contribution is -0.114. The molecule has 1 amide bonds. The third-order valence-electron chi connectivity index (χ3n) is 5.91. The van der Waals surface area contributed by atoms with Crippen molar-refractivity contribution >= 4 is 11.6 Å². The van der Waals surface area contributed by atoms with Crippen molar-refractivity contribution in [2.75, 3.05) is 19.6 Å². The summed E-state index contributed by atoms with van der Waals surface area (Å²) in [6, 6.07) is 16.9. The number of primary amides is 1. The van der Waals surface area contributed by atoms with Gasteiger partial charge in [0, 0.05) is 18.2 Å². The van der Waals surface area contributed by atoms with Gasteiger partial charge in [-0.1, -0.05) is 18.2 Å². The lowest BCUT2D eigenvalue weighted by Crippen LogP contribution is -2.50. The van der Waals surface area contributed by atoms with Crippen LogP contribution in [0.1, 0.15) is 24.8 Å². The smallest absolute Gasteiger partial charge is 0.254 e. The molecular weight excluding hydrogens is 390 g/mol. The van der Waals surface area contributed by atoms with Gasteiger partial charge in [0.1, 0.15) is 22.9 Å². The van der Waals surface area contributed by atoms with Gasteiger partial charge in [0.15, 0.2) is 0 Å². The van der Waals surface area contributed by atoms with Crippen LogP contribution in [0, 0.1) is 11.3 Å². The SMILES string of the molecule is N=C(/C(C(N)=O)=C1/NCCC(C2CCNCC2)N1)c1ccc(Oc2ccccc2)cc1. The van der Waals surface area contributed by atoms with Crippen molar-refractivity contribution in [3.05, 3.63) is 71.6 Å². The number of ether oxygens (including phenoxy) is 1. The van der Waals surface area contributed by atoms with Crippen LogP contribution in [0.4, 0.5) is 0 Å². The molecule has 7 nitrogen and oxygen atoms in total. The molecule has 0 radical (unpaired) electrons. The average Bonchev–Trinajstić information content (AvgIpc) is 2.81. The highest BCUT2D eigenvalue weighted by Crippen LogP contribution is 2.24. The van der Waals surface area contributed by atoms with E-state index in [9.17, 15) is 4.79 Å². The van der Waals surface area contributed by atoms with Crippen molar-refractivity contribution in [1.29, 1.82) is 5.41 Å². The van der Waals surface area contributed by atoms with Crippen molar-refractivity contribution < 1.29 is 9.53 Å². The van der Waals surface area contributed by atoms with E-state index < -0.39 is 5.91 Å². The molecule has 0 saturated carbocycles. The molecule has 6 N–H and O–H groups in total. The molecule has 2 fully saturated rings. The number of carbonyl (C=O) groups excluding carboxylic acids is 1. The van der Waals surface area contributed by atoms with E-state index in [0.717, 1.165) is 44.6 Å². The van der Waals surface area contributed by atoms with Gasteiger partial charge in [0.2, 0.25) is 0 Å². The van der Waals surface area contributed by atoms with Gasteiger partial charge in [-0.2, -0.15) is 0 Å². The van der Waals surface area contributed by atoms with Gasteiger partial charge in [-0.15, -0.1) is 0 Å². The molecule has 2 aliphatic heterocycles. The van der Waals surface area contributed by atoms with Crippen LogP contribution in [0.2, 0.25) is 0 Å². The molecule has 162 valence electrons. The van der Waals surface area contributed by atoms with Crippen LogP contribution < -0.4 is 26.4 Å². The Labute approximate surface area is 182 Å². The summed E-state index contributed by atoms with van der Waals surface area (Å²) in [7, 11) is 0. The van der Waals surface area contributed by atoms with Gasteiger partial charge in [0.05, 0.1) is 5.71 Å². The van der Waals surface area contributed by atoms with E-state index in [2.05, 4.69) is 16.0 Å². The lowest BCUT2D eigenvalue weighted by atomic mass is 9.87. The van der Waals surface area contributed by atoms with Crippen LogP contribution in [0.25, 0.3) is 0 Å². The monoisotopic (exact) mass is 419 g/mol. The molecule has 2 heterocycles. The zero-order valence-electron chi connectivity index (χ0n) is 17.5. The zero-order chi connectivity index (χ0) is 21.6. The highest BCUT2D eigenvalue weighted by molar-refractivity contribution is 6.26. The number of nitrogens with two attached hydrogens (primary N) is 1. The predicted molar refractivity (Wildman–Crippen MR) is 121 cm³/mol. The Hall–Kier alpha value is -3.32. The quantitative estimate of drug-likeness (QED) is 0.365. The summed E-state index contributed by atoms with van der Waals surface area (Å²) in [5, 5.41) is 18.8. The average molecular weight is 420 g/mol. The molecule has 31 heavy (non-hydrogen) atoms. The number of carbonyl (C=O) groups is 1. The molecule has 4 rings (SSSR count). The summed E-state index contributed by atoms with van der Waals surface area (Å²) in [5.41, 5.74) is 6.60. The van der Waals surface area contributed by atoms with Crippen LogP contribution in [0.3, 0.4) is 0 Å². The van der Waals surface area contributed by atoms with E-state index in [1.54, 1.807) is 24.3 Å². The van der Waals surface area contributed by atoms with E-state index in [1.807, 2.05) is 30.3 Å². The Kier molecular flexibility index (Phi) is 6.52. The zero-order valence-corrected chi connectivity index (χ0v) is 17.5. The first-order chi connectivity index (χ1) is 15.1. The van der Waals surface area contributed by atoms with Gasteiger partial charge in [-0.3, -0.25) is 10.2 Å². The van der Waals surface area contributed by atoms with Crippen LogP contribution in [0.5, 0.6) is 11.5 Å². The maximum atomic E-state index is 12.3. The van der Waals surface area contributed by atoms with Crippen molar-refractivity contribution in [2.45, 2.75) is 25.3 Å². The van der Waals surface area contributed by atoms with Crippen LogP contribution in [-0.2, 0) is 4.79 Å². The minimum atomic E-state index is -0.615. The summed E-state index contributed by atoms with van der Waals surface area (Å²) in [5.74, 6) is 1.91. The largest absolute Gasteiger partial charge is 0.457 e. The highest BCUT2D eigenvalue weighted by atomic mass is 16.5. The first kappa shape index (κ1) is 20.9. The minimum absolute atomic E-state index is 0.0970. The second kappa shape index (κ2) is 9.66. The molecule has 0 spiro atoms. The first-order valence-corrected chi connectivity index (χ1v) is 10.8. The van der Waals surface area contributed by atoms with Crippen molar-refractivity contribution in [3.63, 3.8) is 0 Å². The van der Waals surface area contributed by atoms with Gasteiger partial charge in [0.25, 0.3) is 5.91 Å².